The maximum Gasteiger partial charge on any atom is 0.350 e. The molecule has 2 heterocycles. The van der Waals surface area contributed by atoms with Gasteiger partial charge in [0.2, 0.25) is 5.65 Å². The summed E-state index contributed by atoms with van der Waals surface area (Å²) < 4.78 is 3.84. The van der Waals surface area contributed by atoms with E-state index in [1.54, 1.807) is 12.4 Å². The molecule has 0 atom stereocenters. The second-order valence-corrected chi connectivity index (χ2v) is 3.91. The number of hydrogen-bond donors (Lipinski definition) is 0. The average Bonchev–Trinajstić information content (AvgIpc) is 2.69. The van der Waals surface area contributed by atoms with E-state index in [0.717, 1.165) is 10.4 Å². The van der Waals surface area contributed by atoms with Gasteiger partial charge in [-0.1, -0.05) is 18.2 Å². The highest BCUT2D eigenvalue weighted by Crippen LogP contribution is 2.03. The van der Waals surface area contributed by atoms with Crippen molar-refractivity contribution in [3.8, 4) is 5.69 Å². The fraction of sp³-hybridized carbons (Fsp3) is 0.0833. The molecule has 6 heteroatoms. The lowest BCUT2D eigenvalue weighted by Crippen LogP contribution is -2.23. The molecule has 0 unspecified atom stereocenters. The van der Waals surface area contributed by atoms with Gasteiger partial charge in [0.05, 0.1) is 0 Å². The number of aryl methyl sites for hydroxylation is 1. The first-order valence-corrected chi connectivity index (χ1v) is 5.41. The minimum absolute atomic E-state index is 0.119. The van der Waals surface area contributed by atoms with Crippen molar-refractivity contribution in [3.05, 3.63) is 63.6 Å². The lowest BCUT2D eigenvalue weighted by molar-refractivity contribution is 0.732. The summed E-state index contributed by atoms with van der Waals surface area (Å²) in [7, 11) is 1.52. The Balaban J connectivity index is 2.38. The second kappa shape index (κ2) is 3.69. The van der Waals surface area contributed by atoms with E-state index in [1.165, 1.54) is 16.0 Å². The molecule has 0 bridgehead atoms. The van der Waals surface area contributed by atoms with E-state index in [0.29, 0.717) is 0 Å². The van der Waals surface area contributed by atoms with Crippen LogP contribution in [0.25, 0.3) is 11.3 Å². The smallest absolute Gasteiger partial charge is 0.280 e. The zero-order valence-electron chi connectivity index (χ0n) is 9.65. The molecule has 18 heavy (non-hydrogen) atoms. The molecule has 0 radical (unpaired) electrons. The van der Waals surface area contributed by atoms with Crippen molar-refractivity contribution < 1.29 is 0 Å². The monoisotopic (exact) mass is 242 g/mol. The van der Waals surface area contributed by atoms with Crippen LogP contribution in [0.1, 0.15) is 0 Å². The van der Waals surface area contributed by atoms with Crippen molar-refractivity contribution >= 4 is 5.65 Å². The van der Waals surface area contributed by atoms with Gasteiger partial charge in [-0.3, -0.25) is 9.36 Å². The molecule has 0 aliphatic rings. The van der Waals surface area contributed by atoms with Crippen molar-refractivity contribution in [3.63, 3.8) is 0 Å². The average molecular weight is 242 g/mol. The van der Waals surface area contributed by atoms with Crippen LogP contribution in [0.4, 0.5) is 0 Å². The zero-order chi connectivity index (χ0) is 12.7. The van der Waals surface area contributed by atoms with E-state index in [9.17, 15) is 9.59 Å². The summed E-state index contributed by atoms with van der Waals surface area (Å²) in [5.41, 5.74) is 0.209. The first kappa shape index (κ1) is 10.5. The molecule has 0 aliphatic carbocycles. The minimum Gasteiger partial charge on any atom is -0.280 e. The van der Waals surface area contributed by atoms with Crippen LogP contribution in [-0.2, 0) is 7.05 Å². The van der Waals surface area contributed by atoms with Crippen LogP contribution in [0.2, 0.25) is 0 Å². The van der Waals surface area contributed by atoms with Crippen molar-refractivity contribution in [2.24, 2.45) is 7.05 Å². The number of fused-ring (bicyclic) bond motifs is 1. The highest BCUT2D eigenvalue weighted by Gasteiger charge is 2.10. The molecule has 2 aromatic heterocycles. The number of rotatable bonds is 1. The van der Waals surface area contributed by atoms with Crippen LogP contribution in [0.5, 0.6) is 0 Å². The standard InChI is InChI=1S/C12H10N4O2/c1-14-12(18)16-8-7-15(11(17)10(16)13-14)9-5-3-2-4-6-9/h2-8H,1H3. The third kappa shape index (κ3) is 1.39. The Labute approximate surface area is 101 Å². The molecular weight excluding hydrogens is 232 g/mol. The maximum absolute atomic E-state index is 12.2. The Morgan fingerprint density at radius 1 is 1.06 bits per heavy atom. The number of hydrogen-bond acceptors (Lipinski definition) is 3. The van der Waals surface area contributed by atoms with Crippen LogP contribution in [0.3, 0.4) is 0 Å². The lowest BCUT2D eigenvalue weighted by Gasteiger charge is -2.04. The van der Waals surface area contributed by atoms with E-state index < -0.39 is 0 Å². The van der Waals surface area contributed by atoms with Gasteiger partial charge in [0, 0.05) is 25.1 Å². The minimum atomic E-state index is -0.331. The quantitative estimate of drug-likeness (QED) is 0.611. The van der Waals surface area contributed by atoms with Crippen LogP contribution in [-0.4, -0.2) is 18.7 Å². The van der Waals surface area contributed by atoms with Crippen LogP contribution >= 0.6 is 0 Å². The maximum atomic E-state index is 12.2. The Hall–Kier alpha value is -2.63. The zero-order valence-corrected chi connectivity index (χ0v) is 9.65. The predicted molar refractivity (Wildman–Crippen MR) is 66.0 cm³/mol. The molecule has 3 rings (SSSR count). The molecule has 90 valence electrons. The molecule has 0 saturated carbocycles. The third-order valence-electron chi connectivity index (χ3n) is 2.77. The Bertz CT molecular complexity index is 827. The van der Waals surface area contributed by atoms with Gasteiger partial charge in [0.25, 0.3) is 0 Å². The molecule has 6 nitrogen and oxygen atoms in total. The highest BCUT2D eigenvalue weighted by molar-refractivity contribution is 5.39. The van der Waals surface area contributed by atoms with E-state index in [4.69, 9.17) is 0 Å². The van der Waals surface area contributed by atoms with Crippen molar-refractivity contribution in [1.29, 1.82) is 0 Å². The Morgan fingerprint density at radius 3 is 2.50 bits per heavy atom. The van der Waals surface area contributed by atoms with Crippen molar-refractivity contribution in [1.82, 2.24) is 18.7 Å². The lowest BCUT2D eigenvalue weighted by atomic mass is 10.3. The fourth-order valence-corrected chi connectivity index (χ4v) is 1.86. The van der Waals surface area contributed by atoms with Gasteiger partial charge in [-0.25, -0.2) is 13.9 Å². The summed E-state index contributed by atoms with van der Waals surface area (Å²) in [6, 6.07) is 9.20. The molecule has 0 N–H and O–H groups in total. The van der Waals surface area contributed by atoms with Crippen LogP contribution < -0.4 is 11.2 Å². The first-order chi connectivity index (χ1) is 8.68. The van der Waals surface area contributed by atoms with Gasteiger partial charge in [-0.05, 0) is 12.1 Å². The summed E-state index contributed by atoms with van der Waals surface area (Å²) in [5, 5.41) is 3.93. The summed E-state index contributed by atoms with van der Waals surface area (Å²) in [4.78, 5) is 23.9. The van der Waals surface area contributed by atoms with Crippen LogP contribution in [0.15, 0.2) is 52.3 Å². The molecule has 0 aliphatic heterocycles. The summed E-state index contributed by atoms with van der Waals surface area (Å²) in [6.45, 7) is 0. The Morgan fingerprint density at radius 2 is 1.78 bits per heavy atom. The molecule has 0 amide bonds. The molecule has 0 fully saturated rings. The first-order valence-electron chi connectivity index (χ1n) is 5.41. The van der Waals surface area contributed by atoms with Crippen LogP contribution in [0, 0.1) is 0 Å². The predicted octanol–water partition coefficient (Wildman–Crippen LogP) is 0.184. The third-order valence-corrected chi connectivity index (χ3v) is 2.77. The second-order valence-electron chi connectivity index (χ2n) is 3.91. The summed E-state index contributed by atoms with van der Waals surface area (Å²) >= 11 is 0. The van der Waals surface area contributed by atoms with Gasteiger partial charge in [0.15, 0.2) is 0 Å². The van der Waals surface area contributed by atoms with E-state index in [2.05, 4.69) is 5.10 Å². The molecule has 1 aromatic carbocycles. The molecule has 0 saturated heterocycles. The van der Waals surface area contributed by atoms with Gasteiger partial charge in [-0.15, -0.1) is 5.10 Å². The van der Waals surface area contributed by atoms with E-state index in [-0.39, 0.29) is 16.9 Å². The summed E-state index contributed by atoms with van der Waals surface area (Å²) in [6.07, 6.45) is 3.10. The largest absolute Gasteiger partial charge is 0.350 e. The normalized spacial score (nSPS) is 10.9. The van der Waals surface area contributed by atoms with Gasteiger partial charge in [-0.2, -0.15) is 0 Å². The summed E-state index contributed by atoms with van der Waals surface area (Å²) in [5.74, 6) is 0. The molecule has 3 aromatic rings. The van der Waals surface area contributed by atoms with Gasteiger partial charge >= 0.3 is 11.2 Å². The van der Waals surface area contributed by atoms with E-state index in [1.807, 2.05) is 30.3 Å². The molecule has 0 spiro atoms. The number of benzene rings is 1. The molecular formula is C12H10N4O2. The van der Waals surface area contributed by atoms with Gasteiger partial charge < -0.3 is 0 Å². The topological polar surface area (TPSA) is 61.3 Å². The number of aromatic nitrogens is 4. The van der Waals surface area contributed by atoms with Gasteiger partial charge in [0.1, 0.15) is 0 Å². The van der Waals surface area contributed by atoms with Crippen molar-refractivity contribution in [2.75, 3.05) is 0 Å². The fourth-order valence-electron chi connectivity index (χ4n) is 1.86. The van der Waals surface area contributed by atoms with Crippen molar-refractivity contribution in [2.45, 2.75) is 0 Å². The highest BCUT2D eigenvalue weighted by atomic mass is 16.2. The van der Waals surface area contributed by atoms with E-state index >= 15 is 0 Å². The number of para-hydroxylation sites is 1. The SMILES string of the molecule is Cn1nc2c(=O)n(-c3ccccc3)ccn2c1=O. The Kier molecular flexibility index (Phi) is 2.16. The number of nitrogens with zero attached hydrogens (tertiary/aromatic N) is 4.